The summed E-state index contributed by atoms with van der Waals surface area (Å²) >= 11 is 0. The summed E-state index contributed by atoms with van der Waals surface area (Å²) in [7, 11) is 0. The number of ether oxygens (including phenoxy) is 1. The van der Waals surface area contributed by atoms with Crippen LogP contribution in [0.3, 0.4) is 0 Å². The highest BCUT2D eigenvalue weighted by Crippen LogP contribution is 2.13. The Labute approximate surface area is 86.5 Å². The lowest BCUT2D eigenvalue weighted by Gasteiger charge is -2.18. The summed E-state index contributed by atoms with van der Waals surface area (Å²) in [6.07, 6.45) is 3.26. The van der Waals surface area contributed by atoms with Crippen LogP contribution in [0.2, 0.25) is 0 Å². The molecule has 5 nitrogen and oxygen atoms in total. The molecule has 0 aromatic carbocycles. The number of carbonyl (C=O) groups is 2. The van der Waals surface area contributed by atoms with Crippen molar-refractivity contribution in [2.24, 2.45) is 5.92 Å². The second kappa shape index (κ2) is 4.27. The maximum Gasteiger partial charge on any atom is 0.212 e. The number of Topliss-reactive ketones (excluding diaryl/α,β-unsaturated/α-hetero) is 2. The Morgan fingerprint density at radius 1 is 1.40 bits per heavy atom. The Hall–Kier alpha value is -1.62. The van der Waals surface area contributed by atoms with Crippen molar-refractivity contribution < 1.29 is 14.3 Å². The molecule has 1 aliphatic rings. The Morgan fingerprint density at radius 3 is 2.80 bits per heavy atom. The number of ketones is 2. The van der Waals surface area contributed by atoms with E-state index in [4.69, 9.17) is 4.74 Å². The van der Waals surface area contributed by atoms with Crippen LogP contribution in [-0.4, -0.2) is 34.7 Å². The molecule has 1 aromatic heterocycles. The normalized spacial score (nSPS) is 21.3. The summed E-state index contributed by atoms with van der Waals surface area (Å²) in [5.41, 5.74) is 0. The molecule has 1 saturated heterocycles. The highest BCUT2D eigenvalue weighted by Gasteiger charge is 2.31. The molecule has 0 spiro atoms. The van der Waals surface area contributed by atoms with Gasteiger partial charge in [0.2, 0.25) is 5.78 Å². The van der Waals surface area contributed by atoms with Gasteiger partial charge in [-0.15, -0.1) is 0 Å². The van der Waals surface area contributed by atoms with E-state index in [1.54, 1.807) is 6.07 Å². The highest BCUT2D eigenvalue weighted by molar-refractivity contribution is 6.09. The molecule has 0 aliphatic carbocycles. The standard InChI is InChI=1S/C10H10N2O3/c13-8-2-5-15-6-7(8)9(14)10-11-3-1-4-12-10/h1,3-4,7H,2,5-6H2. The SMILES string of the molecule is O=C1CCOCC1C(=O)c1ncccn1. The van der Waals surface area contributed by atoms with Gasteiger partial charge >= 0.3 is 0 Å². The van der Waals surface area contributed by atoms with Crippen LogP contribution in [0.25, 0.3) is 0 Å². The van der Waals surface area contributed by atoms with Gasteiger partial charge in [0.05, 0.1) is 13.2 Å². The van der Waals surface area contributed by atoms with Gasteiger partial charge < -0.3 is 4.74 Å². The third-order valence-corrected chi connectivity index (χ3v) is 2.27. The molecular formula is C10H10N2O3. The molecule has 1 fully saturated rings. The first-order valence-corrected chi connectivity index (χ1v) is 4.71. The number of hydrogen-bond donors (Lipinski definition) is 0. The fraction of sp³-hybridized carbons (Fsp3) is 0.400. The number of rotatable bonds is 2. The summed E-state index contributed by atoms with van der Waals surface area (Å²) in [6.45, 7) is 0.550. The van der Waals surface area contributed by atoms with Gasteiger partial charge in [-0.05, 0) is 6.07 Å². The van der Waals surface area contributed by atoms with Gasteiger partial charge in [0.15, 0.2) is 5.82 Å². The molecule has 78 valence electrons. The molecule has 0 bridgehead atoms. The molecule has 2 heterocycles. The zero-order valence-electron chi connectivity index (χ0n) is 8.05. The summed E-state index contributed by atoms with van der Waals surface area (Å²) in [5, 5.41) is 0. The Morgan fingerprint density at radius 2 is 2.13 bits per heavy atom. The first kappa shape index (κ1) is 9.92. The lowest BCUT2D eigenvalue weighted by molar-refractivity contribution is -0.128. The van der Waals surface area contributed by atoms with Crippen molar-refractivity contribution in [3.63, 3.8) is 0 Å². The molecule has 2 rings (SSSR count). The van der Waals surface area contributed by atoms with Crippen molar-refractivity contribution in [1.82, 2.24) is 9.97 Å². The predicted octanol–water partition coefficient (Wildman–Crippen LogP) is 0.265. The van der Waals surface area contributed by atoms with Crippen molar-refractivity contribution in [2.75, 3.05) is 13.2 Å². The fourth-order valence-electron chi connectivity index (χ4n) is 1.45. The Balaban J connectivity index is 2.17. The second-order valence-corrected chi connectivity index (χ2v) is 3.28. The lowest BCUT2D eigenvalue weighted by Crippen LogP contribution is -2.34. The van der Waals surface area contributed by atoms with Crippen LogP contribution in [0.4, 0.5) is 0 Å². The molecule has 1 aromatic rings. The lowest BCUT2D eigenvalue weighted by atomic mass is 9.95. The second-order valence-electron chi connectivity index (χ2n) is 3.28. The smallest absolute Gasteiger partial charge is 0.212 e. The quantitative estimate of drug-likeness (QED) is 0.513. The van der Waals surface area contributed by atoms with Crippen LogP contribution in [0.15, 0.2) is 18.5 Å². The Bertz CT molecular complexity index is 378. The number of hydrogen-bond acceptors (Lipinski definition) is 5. The Kier molecular flexibility index (Phi) is 2.82. The summed E-state index contributed by atoms with van der Waals surface area (Å²) in [4.78, 5) is 30.9. The summed E-state index contributed by atoms with van der Waals surface area (Å²) in [6, 6.07) is 1.62. The zero-order valence-corrected chi connectivity index (χ0v) is 8.05. The van der Waals surface area contributed by atoms with Gasteiger partial charge in [0.25, 0.3) is 0 Å². The van der Waals surface area contributed by atoms with Crippen LogP contribution >= 0.6 is 0 Å². The van der Waals surface area contributed by atoms with E-state index in [9.17, 15) is 9.59 Å². The minimum absolute atomic E-state index is 0.0845. The van der Waals surface area contributed by atoms with Crippen LogP contribution in [0.1, 0.15) is 17.0 Å². The average Bonchev–Trinajstić information content (AvgIpc) is 2.30. The van der Waals surface area contributed by atoms with E-state index in [0.717, 1.165) is 0 Å². The molecular weight excluding hydrogens is 196 g/mol. The maximum atomic E-state index is 11.8. The average molecular weight is 206 g/mol. The molecule has 1 atom stereocenters. The molecule has 1 unspecified atom stereocenters. The van der Waals surface area contributed by atoms with E-state index in [-0.39, 0.29) is 24.0 Å². The third-order valence-electron chi connectivity index (χ3n) is 2.27. The minimum atomic E-state index is -0.721. The van der Waals surface area contributed by atoms with E-state index >= 15 is 0 Å². The molecule has 5 heteroatoms. The number of aromatic nitrogens is 2. The molecule has 0 radical (unpaired) electrons. The molecule has 0 saturated carbocycles. The van der Waals surface area contributed by atoms with Crippen LogP contribution in [0.5, 0.6) is 0 Å². The molecule has 0 amide bonds. The van der Waals surface area contributed by atoms with E-state index in [1.165, 1.54) is 12.4 Å². The topological polar surface area (TPSA) is 69.2 Å². The van der Waals surface area contributed by atoms with Crippen molar-refractivity contribution in [3.05, 3.63) is 24.3 Å². The maximum absolute atomic E-state index is 11.8. The minimum Gasteiger partial charge on any atom is -0.380 e. The zero-order chi connectivity index (χ0) is 10.7. The molecule has 1 aliphatic heterocycles. The number of nitrogens with zero attached hydrogens (tertiary/aromatic N) is 2. The fourth-order valence-corrected chi connectivity index (χ4v) is 1.45. The monoisotopic (exact) mass is 206 g/mol. The highest BCUT2D eigenvalue weighted by atomic mass is 16.5. The van der Waals surface area contributed by atoms with Gasteiger partial charge in [0.1, 0.15) is 11.7 Å². The van der Waals surface area contributed by atoms with Crippen LogP contribution < -0.4 is 0 Å². The van der Waals surface area contributed by atoms with Gasteiger partial charge in [-0.3, -0.25) is 9.59 Å². The van der Waals surface area contributed by atoms with Crippen molar-refractivity contribution in [1.29, 1.82) is 0 Å². The first-order valence-electron chi connectivity index (χ1n) is 4.71. The van der Waals surface area contributed by atoms with Crippen molar-refractivity contribution in [2.45, 2.75) is 6.42 Å². The van der Waals surface area contributed by atoms with E-state index in [0.29, 0.717) is 13.0 Å². The van der Waals surface area contributed by atoms with Gasteiger partial charge in [-0.25, -0.2) is 9.97 Å². The van der Waals surface area contributed by atoms with Gasteiger partial charge in [-0.2, -0.15) is 0 Å². The first-order chi connectivity index (χ1) is 7.29. The number of carbonyl (C=O) groups excluding carboxylic acids is 2. The molecule has 0 N–H and O–H groups in total. The molecule has 15 heavy (non-hydrogen) atoms. The van der Waals surface area contributed by atoms with Crippen molar-refractivity contribution >= 4 is 11.6 Å². The van der Waals surface area contributed by atoms with E-state index in [2.05, 4.69) is 9.97 Å². The van der Waals surface area contributed by atoms with Crippen molar-refractivity contribution in [3.8, 4) is 0 Å². The van der Waals surface area contributed by atoms with Gasteiger partial charge in [0, 0.05) is 18.8 Å². The van der Waals surface area contributed by atoms with Crippen LogP contribution in [0, 0.1) is 5.92 Å². The third kappa shape index (κ3) is 2.07. The van der Waals surface area contributed by atoms with E-state index in [1.807, 2.05) is 0 Å². The largest absolute Gasteiger partial charge is 0.380 e. The van der Waals surface area contributed by atoms with Crippen LogP contribution in [-0.2, 0) is 9.53 Å². The summed E-state index contributed by atoms with van der Waals surface area (Å²) in [5.74, 6) is -1.07. The van der Waals surface area contributed by atoms with Gasteiger partial charge in [-0.1, -0.05) is 0 Å². The predicted molar refractivity (Wildman–Crippen MR) is 50.3 cm³/mol. The van der Waals surface area contributed by atoms with E-state index < -0.39 is 5.92 Å². The summed E-state index contributed by atoms with van der Waals surface area (Å²) < 4.78 is 5.10.